The van der Waals surface area contributed by atoms with Crippen molar-refractivity contribution in [3.05, 3.63) is 47.5 Å². The molecule has 0 aliphatic heterocycles. The fourth-order valence-electron chi connectivity index (χ4n) is 1.97. The Bertz CT molecular complexity index is 728. The van der Waals surface area contributed by atoms with Crippen molar-refractivity contribution < 1.29 is 0 Å². The molecule has 0 saturated heterocycles. The summed E-state index contributed by atoms with van der Waals surface area (Å²) >= 11 is 0.311. The number of aromatic nitrogens is 1. The van der Waals surface area contributed by atoms with Gasteiger partial charge in [-0.3, -0.25) is 0 Å². The fourth-order valence-corrected chi connectivity index (χ4v) is 3.95. The van der Waals surface area contributed by atoms with E-state index in [0.717, 1.165) is 16.8 Å². The molecule has 0 spiro atoms. The summed E-state index contributed by atoms with van der Waals surface area (Å²) in [5.41, 5.74) is 11.4. The summed E-state index contributed by atoms with van der Waals surface area (Å²) in [6.07, 6.45) is 0. The Morgan fingerprint density at radius 2 is 1.89 bits per heavy atom. The SMILES string of the molecule is Cc1ccc2[se]c(-c3ccc(N)c(C)c3)nc2c1. The molecule has 0 fully saturated rings. The Morgan fingerprint density at radius 1 is 1.06 bits per heavy atom. The van der Waals surface area contributed by atoms with E-state index in [2.05, 4.69) is 37.3 Å². The van der Waals surface area contributed by atoms with Gasteiger partial charge >= 0.3 is 112 Å². The van der Waals surface area contributed by atoms with E-state index >= 15 is 0 Å². The van der Waals surface area contributed by atoms with E-state index in [9.17, 15) is 0 Å². The number of hydrogen-bond donors (Lipinski definition) is 1. The number of rotatable bonds is 1. The molecule has 0 aliphatic carbocycles. The van der Waals surface area contributed by atoms with Gasteiger partial charge in [0.25, 0.3) is 0 Å². The van der Waals surface area contributed by atoms with Crippen molar-refractivity contribution in [2.24, 2.45) is 0 Å². The van der Waals surface area contributed by atoms with Gasteiger partial charge in [0, 0.05) is 0 Å². The molecule has 3 heteroatoms. The molecule has 2 aromatic carbocycles. The summed E-state index contributed by atoms with van der Waals surface area (Å²) in [5, 5.41) is 0. The number of nitrogen functional groups attached to an aromatic ring is 1. The van der Waals surface area contributed by atoms with Crippen molar-refractivity contribution in [3.8, 4) is 10.1 Å². The zero-order valence-electron chi connectivity index (χ0n) is 10.4. The van der Waals surface area contributed by atoms with E-state index in [1.807, 2.05) is 13.0 Å². The maximum absolute atomic E-state index is 5.86. The topological polar surface area (TPSA) is 38.9 Å². The van der Waals surface area contributed by atoms with Crippen LogP contribution in [0.25, 0.3) is 19.9 Å². The molecule has 2 N–H and O–H groups in total. The average molecular weight is 301 g/mol. The normalized spacial score (nSPS) is 11.0. The second kappa shape index (κ2) is 4.27. The third-order valence-corrected chi connectivity index (χ3v) is 5.34. The van der Waals surface area contributed by atoms with E-state index in [4.69, 9.17) is 10.7 Å². The average Bonchev–Trinajstić information content (AvgIpc) is 2.75. The van der Waals surface area contributed by atoms with E-state index in [1.165, 1.54) is 20.0 Å². The molecule has 1 heterocycles. The van der Waals surface area contributed by atoms with Crippen molar-refractivity contribution in [2.75, 3.05) is 5.73 Å². The molecule has 2 nitrogen and oxygen atoms in total. The van der Waals surface area contributed by atoms with Crippen LogP contribution in [0.1, 0.15) is 11.1 Å². The Hall–Kier alpha value is -1.57. The van der Waals surface area contributed by atoms with Crippen LogP contribution in [0.15, 0.2) is 36.4 Å². The molecular formula is C15H14N2Se. The predicted octanol–water partition coefficient (Wildman–Crippen LogP) is 3.16. The van der Waals surface area contributed by atoms with E-state index in [0.29, 0.717) is 14.5 Å². The summed E-state index contributed by atoms with van der Waals surface area (Å²) < 4.78 is 2.57. The van der Waals surface area contributed by atoms with Gasteiger partial charge in [0.1, 0.15) is 0 Å². The third kappa shape index (κ3) is 1.96. The third-order valence-electron chi connectivity index (χ3n) is 3.06. The van der Waals surface area contributed by atoms with E-state index in [1.54, 1.807) is 0 Å². The molecule has 0 unspecified atom stereocenters. The molecule has 0 amide bonds. The van der Waals surface area contributed by atoms with E-state index < -0.39 is 0 Å². The van der Waals surface area contributed by atoms with Gasteiger partial charge in [-0.25, -0.2) is 0 Å². The number of hydrogen-bond acceptors (Lipinski definition) is 2. The van der Waals surface area contributed by atoms with Crippen molar-refractivity contribution in [1.82, 2.24) is 4.98 Å². The van der Waals surface area contributed by atoms with Gasteiger partial charge in [0.2, 0.25) is 0 Å². The second-order valence-electron chi connectivity index (χ2n) is 4.56. The molecule has 3 aromatic rings. The first-order chi connectivity index (χ1) is 8.63. The van der Waals surface area contributed by atoms with Crippen LogP contribution >= 0.6 is 0 Å². The number of anilines is 1. The number of nitrogens with zero attached hydrogens (tertiary/aromatic N) is 1. The zero-order valence-corrected chi connectivity index (χ0v) is 12.1. The van der Waals surface area contributed by atoms with Gasteiger partial charge < -0.3 is 0 Å². The molecule has 0 radical (unpaired) electrons. The van der Waals surface area contributed by atoms with Crippen LogP contribution in [0.5, 0.6) is 0 Å². The van der Waals surface area contributed by atoms with Crippen LogP contribution in [-0.4, -0.2) is 19.5 Å². The molecule has 0 saturated carbocycles. The molecule has 0 bridgehead atoms. The standard InChI is InChI=1S/C15H14N2Se/c1-9-3-6-14-13(7-9)17-15(18-14)11-4-5-12(16)10(2)8-11/h3-8H,16H2,1-2H3. The van der Waals surface area contributed by atoms with Crippen LogP contribution < -0.4 is 5.73 Å². The molecule has 3 rings (SSSR count). The van der Waals surface area contributed by atoms with Gasteiger partial charge in [0.15, 0.2) is 0 Å². The minimum absolute atomic E-state index is 0.311. The number of fused-ring (bicyclic) bond motifs is 1. The first-order valence-electron chi connectivity index (χ1n) is 5.87. The minimum atomic E-state index is 0.311. The van der Waals surface area contributed by atoms with Crippen LogP contribution in [0, 0.1) is 13.8 Å². The number of benzene rings is 2. The predicted molar refractivity (Wildman–Crippen MR) is 78.0 cm³/mol. The summed E-state index contributed by atoms with van der Waals surface area (Å²) in [7, 11) is 0. The molecule has 0 atom stereocenters. The van der Waals surface area contributed by atoms with Gasteiger partial charge in [-0.15, -0.1) is 0 Å². The van der Waals surface area contributed by atoms with Crippen LogP contribution in [-0.2, 0) is 0 Å². The van der Waals surface area contributed by atoms with Gasteiger partial charge in [0.05, 0.1) is 0 Å². The maximum atomic E-state index is 5.86. The van der Waals surface area contributed by atoms with Crippen molar-refractivity contribution in [3.63, 3.8) is 0 Å². The fraction of sp³-hybridized carbons (Fsp3) is 0.133. The second-order valence-corrected chi connectivity index (χ2v) is 6.72. The Kier molecular flexibility index (Phi) is 2.73. The Balaban J connectivity index is 2.16. The Morgan fingerprint density at radius 3 is 2.67 bits per heavy atom. The quantitative estimate of drug-likeness (QED) is 0.554. The monoisotopic (exact) mass is 302 g/mol. The summed E-state index contributed by atoms with van der Waals surface area (Å²) in [4.78, 5) is 4.76. The molecule has 0 aliphatic rings. The summed E-state index contributed by atoms with van der Waals surface area (Å²) in [6, 6.07) is 12.7. The van der Waals surface area contributed by atoms with Gasteiger partial charge in [-0.05, 0) is 0 Å². The van der Waals surface area contributed by atoms with Crippen molar-refractivity contribution in [1.29, 1.82) is 0 Å². The van der Waals surface area contributed by atoms with Crippen LogP contribution in [0.4, 0.5) is 5.69 Å². The molecular weight excluding hydrogens is 287 g/mol. The zero-order chi connectivity index (χ0) is 12.7. The summed E-state index contributed by atoms with van der Waals surface area (Å²) in [5.74, 6) is 0. The number of aryl methyl sites for hydroxylation is 2. The first-order valence-corrected chi connectivity index (χ1v) is 7.58. The van der Waals surface area contributed by atoms with E-state index in [-0.39, 0.29) is 0 Å². The van der Waals surface area contributed by atoms with Crippen molar-refractivity contribution >= 4 is 30.0 Å². The van der Waals surface area contributed by atoms with Crippen LogP contribution in [0.3, 0.4) is 0 Å². The van der Waals surface area contributed by atoms with Crippen LogP contribution in [0.2, 0.25) is 0 Å². The Labute approximate surface area is 112 Å². The molecule has 1 aromatic heterocycles. The molecule has 18 heavy (non-hydrogen) atoms. The van der Waals surface area contributed by atoms with Crippen molar-refractivity contribution in [2.45, 2.75) is 13.8 Å². The first kappa shape index (κ1) is 11.5. The van der Waals surface area contributed by atoms with Gasteiger partial charge in [-0.2, -0.15) is 0 Å². The molecule has 90 valence electrons. The summed E-state index contributed by atoms with van der Waals surface area (Å²) in [6.45, 7) is 4.15. The van der Waals surface area contributed by atoms with Gasteiger partial charge in [-0.1, -0.05) is 0 Å². The number of nitrogens with two attached hydrogens (primary N) is 1.